The molecule has 0 saturated carbocycles. The van der Waals surface area contributed by atoms with Gasteiger partial charge in [0.15, 0.2) is 0 Å². The molecule has 0 aromatic rings. The average molecular weight is 214 g/mol. The standard InChI is InChI=1S/C7H12O4S.Na/c1-4-7(5-6(2)3)11-12(8,9)10;/h1,6-7H,5H2,2-3H3,(H,8,9,10);/q;+1/p-1/t7-;/m1./s1. The van der Waals surface area contributed by atoms with Gasteiger partial charge in [0.25, 0.3) is 0 Å². The quantitative estimate of drug-likeness (QED) is 0.225. The third-order valence-electron chi connectivity index (χ3n) is 1.11. The van der Waals surface area contributed by atoms with E-state index < -0.39 is 16.5 Å². The smallest absolute Gasteiger partial charge is 0.725 e. The van der Waals surface area contributed by atoms with Crippen LogP contribution in [-0.2, 0) is 14.6 Å². The van der Waals surface area contributed by atoms with E-state index in [-0.39, 0.29) is 35.5 Å². The minimum absolute atomic E-state index is 0. The van der Waals surface area contributed by atoms with Crippen LogP contribution in [-0.4, -0.2) is 19.1 Å². The Morgan fingerprint density at radius 2 is 2.00 bits per heavy atom. The fraction of sp³-hybridized carbons (Fsp3) is 0.714. The van der Waals surface area contributed by atoms with Crippen molar-refractivity contribution in [3.05, 3.63) is 0 Å². The summed E-state index contributed by atoms with van der Waals surface area (Å²) in [6.07, 6.45) is 4.37. The molecule has 0 aliphatic rings. The molecule has 0 N–H and O–H groups in total. The topological polar surface area (TPSA) is 66.4 Å². The zero-order valence-corrected chi connectivity index (χ0v) is 10.8. The van der Waals surface area contributed by atoms with Crippen LogP contribution < -0.4 is 29.6 Å². The van der Waals surface area contributed by atoms with E-state index in [0.29, 0.717) is 6.42 Å². The molecule has 0 spiro atoms. The molecule has 0 bridgehead atoms. The molecule has 0 aliphatic heterocycles. The minimum atomic E-state index is -4.67. The van der Waals surface area contributed by atoms with Crippen molar-refractivity contribution in [1.82, 2.24) is 0 Å². The Morgan fingerprint density at radius 1 is 1.54 bits per heavy atom. The third kappa shape index (κ3) is 10.4. The zero-order valence-electron chi connectivity index (χ0n) is 7.98. The van der Waals surface area contributed by atoms with Crippen molar-refractivity contribution in [3.8, 4) is 12.3 Å². The molecule has 0 amide bonds. The Bertz CT molecular complexity index is 265. The average Bonchev–Trinajstić information content (AvgIpc) is 1.82. The maximum Gasteiger partial charge on any atom is 1.00 e. The van der Waals surface area contributed by atoms with E-state index in [1.807, 2.05) is 13.8 Å². The molecule has 0 saturated heterocycles. The maximum absolute atomic E-state index is 10.1. The molecule has 0 aromatic carbocycles. The van der Waals surface area contributed by atoms with Crippen LogP contribution >= 0.6 is 0 Å². The van der Waals surface area contributed by atoms with Gasteiger partial charge in [-0.3, -0.25) is 4.18 Å². The number of hydrogen-bond acceptors (Lipinski definition) is 4. The number of hydrogen-bond donors (Lipinski definition) is 0. The van der Waals surface area contributed by atoms with Crippen molar-refractivity contribution in [1.29, 1.82) is 0 Å². The Labute approximate surface area is 101 Å². The fourth-order valence-electron chi connectivity index (χ4n) is 0.706. The first-order valence-electron chi connectivity index (χ1n) is 3.45. The van der Waals surface area contributed by atoms with E-state index in [0.717, 1.165) is 0 Å². The molecule has 0 heterocycles. The Hall–Kier alpha value is 0.430. The summed E-state index contributed by atoms with van der Waals surface area (Å²) in [6.45, 7) is 3.70. The summed E-state index contributed by atoms with van der Waals surface area (Å²) < 4.78 is 34.4. The Kier molecular flexibility index (Phi) is 8.33. The van der Waals surface area contributed by atoms with Crippen LogP contribution in [0, 0.1) is 18.3 Å². The summed E-state index contributed by atoms with van der Waals surface area (Å²) in [5, 5.41) is 0. The van der Waals surface area contributed by atoms with Gasteiger partial charge in [-0.15, -0.1) is 6.42 Å². The van der Waals surface area contributed by atoms with Crippen molar-refractivity contribution in [2.75, 3.05) is 0 Å². The van der Waals surface area contributed by atoms with Crippen LogP contribution in [0.1, 0.15) is 20.3 Å². The second-order valence-electron chi connectivity index (χ2n) is 2.79. The van der Waals surface area contributed by atoms with Gasteiger partial charge in [-0.2, -0.15) is 0 Å². The van der Waals surface area contributed by atoms with Gasteiger partial charge in [-0.05, 0) is 12.3 Å². The summed E-state index contributed by atoms with van der Waals surface area (Å²) in [7, 11) is -4.67. The van der Waals surface area contributed by atoms with Crippen molar-refractivity contribution >= 4 is 10.4 Å². The van der Waals surface area contributed by atoms with Gasteiger partial charge in [0.2, 0.25) is 10.4 Å². The van der Waals surface area contributed by atoms with Gasteiger partial charge < -0.3 is 4.55 Å². The molecule has 0 fully saturated rings. The van der Waals surface area contributed by atoms with Crippen molar-refractivity contribution in [3.63, 3.8) is 0 Å². The molecule has 0 radical (unpaired) electrons. The molecule has 0 aliphatic carbocycles. The van der Waals surface area contributed by atoms with Crippen LogP contribution in [0.15, 0.2) is 0 Å². The molecule has 0 aromatic heterocycles. The largest absolute Gasteiger partial charge is 1.00 e. The summed E-state index contributed by atoms with van der Waals surface area (Å²) in [6, 6.07) is 0. The second-order valence-corrected chi connectivity index (χ2v) is 3.80. The second kappa shape index (κ2) is 6.82. The van der Waals surface area contributed by atoms with Crippen LogP contribution in [0.5, 0.6) is 0 Å². The molecule has 13 heavy (non-hydrogen) atoms. The molecule has 0 rings (SSSR count). The van der Waals surface area contributed by atoms with E-state index >= 15 is 0 Å². The third-order valence-corrected chi connectivity index (χ3v) is 1.57. The Balaban J connectivity index is 0. The first kappa shape index (κ1) is 15.9. The van der Waals surface area contributed by atoms with Crippen LogP contribution in [0.2, 0.25) is 0 Å². The summed E-state index contributed by atoms with van der Waals surface area (Å²) >= 11 is 0. The number of rotatable bonds is 4. The normalized spacial score (nSPS) is 13.2. The van der Waals surface area contributed by atoms with Crippen molar-refractivity contribution in [2.45, 2.75) is 26.4 Å². The summed E-state index contributed by atoms with van der Waals surface area (Å²) in [5.41, 5.74) is 0. The predicted molar refractivity (Wildman–Crippen MR) is 42.9 cm³/mol. The molecule has 70 valence electrons. The molecule has 6 heteroatoms. The molecule has 0 unspecified atom stereocenters. The van der Waals surface area contributed by atoms with Gasteiger partial charge >= 0.3 is 29.6 Å². The minimum Gasteiger partial charge on any atom is -0.725 e. The predicted octanol–water partition coefficient (Wildman–Crippen LogP) is -2.48. The SMILES string of the molecule is C#C[C@H](CC(C)C)OS(=O)(=O)[O-].[Na+]. The van der Waals surface area contributed by atoms with Crippen LogP contribution in [0.4, 0.5) is 0 Å². The monoisotopic (exact) mass is 214 g/mol. The molecular formula is C7H11NaO4S. The first-order chi connectivity index (χ1) is 5.35. The van der Waals surface area contributed by atoms with E-state index in [4.69, 9.17) is 6.42 Å². The van der Waals surface area contributed by atoms with Gasteiger partial charge in [0.05, 0.1) is 0 Å². The molecule has 4 nitrogen and oxygen atoms in total. The van der Waals surface area contributed by atoms with E-state index in [1.54, 1.807) is 0 Å². The van der Waals surface area contributed by atoms with E-state index in [9.17, 15) is 13.0 Å². The van der Waals surface area contributed by atoms with Gasteiger partial charge in [0, 0.05) is 0 Å². The van der Waals surface area contributed by atoms with Gasteiger partial charge in [-0.25, -0.2) is 8.42 Å². The first-order valence-corrected chi connectivity index (χ1v) is 4.78. The maximum atomic E-state index is 10.1. The van der Waals surface area contributed by atoms with Crippen molar-refractivity contribution < 1.29 is 46.7 Å². The summed E-state index contributed by atoms with van der Waals surface area (Å²) in [5.74, 6) is 2.28. The summed E-state index contributed by atoms with van der Waals surface area (Å²) in [4.78, 5) is 0. The number of terminal acetylenes is 1. The van der Waals surface area contributed by atoms with Crippen LogP contribution in [0.25, 0.3) is 0 Å². The molecular weight excluding hydrogens is 203 g/mol. The van der Waals surface area contributed by atoms with Crippen molar-refractivity contribution in [2.24, 2.45) is 5.92 Å². The van der Waals surface area contributed by atoms with Gasteiger partial charge in [-0.1, -0.05) is 19.8 Å². The Morgan fingerprint density at radius 3 is 2.23 bits per heavy atom. The van der Waals surface area contributed by atoms with Crippen LogP contribution in [0.3, 0.4) is 0 Å². The van der Waals surface area contributed by atoms with E-state index in [2.05, 4.69) is 10.1 Å². The zero-order chi connectivity index (χ0) is 9.78. The van der Waals surface area contributed by atoms with Gasteiger partial charge in [0.1, 0.15) is 6.10 Å². The molecule has 1 atom stereocenters. The fourth-order valence-corrected chi connectivity index (χ4v) is 1.12. The van der Waals surface area contributed by atoms with E-state index in [1.165, 1.54) is 0 Å².